The standard InChI is InChI=1S/C14H8ClF6N3O2/c1-24-11(15)9(10(23-24)14(19,20)21)6-22-26-12(25)7-3-2-4-8(5-7)13(16,17)18/h2-6H,1H3/b22-6-. The molecule has 0 aliphatic carbocycles. The first-order valence-electron chi connectivity index (χ1n) is 6.63. The van der Waals surface area contributed by atoms with Gasteiger partial charge in [-0.1, -0.05) is 22.8 Å². The summed E-state index contributed by atoms with van der Waals surface area (Å²) < 4.78 is 77.0. The van der Waals surface area contributed by atoms with E-state index >= 15 is 0 Å². The fourth-order valence-electron chi connectivity index (χ4n) is 1.85. The molecule has 1 heterocycles. The quantitative estimate of drug-likeness (QED) is 0.335. The highest BCUT2D eigenvalue weighted by molar-refractivity contribution is 6.32. The van der Waals surface area contributed by atoms with Crippen molar-refractivity contribution < 1.29 is 36.0 Å². The summed E-state index contributed by atoms with van der Waals surface area (Å²) in [6.45, 7) is 0. The van der Waals surface area contributed by atoms with Crippen molar-refractivity contribution in [3.63, 3.8) is 0 Å². The Kier molecular flexibility index (Phi) is 5.31. The molecular formula is C14H8ClF6N3O2. The zero-order valence-corrected chi connectivity index (χ0v) is 13.4. The molecule has 0 aliphatic heterocycles. The van der Waals surface area contributed by atoms with Crippen LogP contribution in [0, 0.1) is 0 Å². The van der Waals surface area contributed by atoms with Crippen LogP contribution in [0.5, 0.6) is 0 Å². The minimum absolute atomic E-state index is 0.420. The Labute approximate surface area is 146 Å². The highest BCUT2D eigenvalue weighted by Crippen LogP contribution is 2.33. The van der Waals surface area contributed by atoms with Crippen LogP contribution in [0.4, 0.5) is 26.3 Å². The molecule has 0 N–H and O–H groups in total. The Morgan fingerprint density at radius 1 is 1.23 bits per heavy atom. The van der Waals surface area contributed by atoms with Crippen LogP contribution in [0.15, 0.2) is 29.4 Å². The lowest BCUT2D eigenvalue weighted by Gasteiger charge is -2.07. The van der Waals surface area contributed by atoms with Crippen LogP contribution in [-0.2, 0) is 24.2 Å². The second-order valence-corrected chi connectivity index (χ2v) is 5.22. The number of hydrogen-bond donors (Lipinski definition) is 0. The lowest BCUT2D eigenvalue weighted by molar-refractivity contribution is -0.141. The Bertz CT molecular complexity index is 857. The van der Waals surface area contributed by atoms with Crippen LogP contribution in [0.2, 0.25) is 5.15 Å². The van der Waals surface area contributed by atoms with Crippen molar-refractivity contribution in [3.8, 4) is 0 Å². The molecule has 0 saturated carbocycles. The lowest BCUT2D eigenvalue weighted by atomic mass is 10.1. The minimum atomic E-state index is -4.84. The van der Waals surface area contributed by atoms with Crippen molar-refractivity contribution in [3.05, 3.63) is 51.8 Å². The number of rotatable bonds is 3. The van der Waals surface area contributed by atoms with Gasteiger partial charge in [-0.2, -0.15) is 31.4 Å². The van der Waals surface area contributed by atoms with Crippen molar-refractivity contribution in [2.45, 2.75) is 12.4 Å². The molecule has 140 valence electrons. The molecule has 1 aromatic carbocycles. The van der Waals surface area contributed by atoms with Gasteiger partial charge in [0.1, 0.15) is 5.15 Å². The van der Waals surface area contributed by atoms with E-state index in [2.05, 4.69) is 15.1 Å². The van der Waals surface area contributed by atoms with E-state index in [0.717, 1.165) is 29.9 Å². The third-order valence-corrected chi connectivity index (χ3v) is 3.47. The number of halogens is 7. The van der Waals surface area contributed by atoms with Gasteiger partial charge in [0.15, 0.2) is 5.69 Å². The third kappa shape index (κ3) is 4.34. The lowest BCUT2D eigenvalue weighted by Crippen LogP contribution is -2.10. The maximum Gasteiger partial charge on any atom is 0.435 e. The molecule has 0 bridgehead atoms. The van der Waals surface area contributed by atoms with E-state index < -0.39 is 45.9 Å². The average Bonchev–Trinajstić information content (AvgIpc) is 2.82. The van der Waals surface area contributed by atoms with E-state index in [0.29, 0.717) is 12.3 Å². The number of benzene rings is 1. The van der Waals surface area contributed by atoms with E-state index in [4.69, 9.17) is 11.6 Å². The zero-order chi connectivity index (χ0) is 19.7. The van der Waals surface area contributed by atoms with Crippen molar-refractivity contribution in [1.29, 1.82) is 0 Å². The number of carbonyl (C=O) groups excluding carboxylic acids is 1. The molecule has 26 heavy (non-hydrogen) atoms. The molecule has 12 heteroatoms. The van der Waals surface area contributed by atoms with Gasteiger partial charge in [0.05, 0.1) is 22.9 Å². The van der Waals surface area contributed by atoms with E-state index in [1.807, 2.05) is 0 Å². The third-order valence-electron chi connectivity index (χ3n) is 3.02. The first-order chi connectivity index (χ1) is 11.9. The van der Waals surface area contributed by atoms with Crippen LogP contribution >= 0.6 is 11.6 Å². The van der Waals surface area contributed by atoms with Crippen molar-refractivity contribution in [1.82, 2.24) is 9.78 Å². The molecule has 0 amide bonds. The predicted octanol–water partition coefficient (Wildman–Crippen LogP) is 4.30. The predicted molar refractivity (Wildman–Crippen MR) is 77.7 cm³/mol. The number of hydrogen-bond acceptors (Lipinski definition) is 4. The summed E-state index contributed by atoms with van der Waals surface area (Å²) in [5.74, 6) is -1.29. The Balaban J connectivity index is 2.21. The van der Waals surface area contributed by atoms with Crippen molar-refractivity contribution >= 4 is 23.8 Å². The molecule has 0 saturated heterocycles. The monoisotopic (exact) mass is 399 g/mol. The Morgan fingerprint density at radius 2 is 1.88 bits per heavy atom. The summed E-state index contributed by atoms with van der Waals surface area (Å²) in [6.07, 6.45) is -9.01. The summed E-state index contributed by atoms with van der Waals surface area (Å²) in [5, 5.41) is 5.82. The van der Waals surface area contributed by atoms with E-state index in [1.165, 1.54) is 0 Å². The average molecular weight is 400 g/mol. The SMILES string of the molecule is Cn1nc(C(F)(F)F)c(/C=N\OC(=O)c2cccc(C(F)(F)F)c2)c1Cl. The second kappa shape index (κ2) is 6.98. The van der Waals surface area contributed by atoms with Gasteiger partial charge < -0.3 is 4.84 Å². The largest absolute Gasteiger partial charge is 0.435 e. The topological polar surface area (TPSA) is 56.5 Å². The van der Waals surface area contributed by atoms with Crippen molar-refractivity contribution in [2.24, 2.45) is 12.2 Å². The first-order valence-corrected chi connectivity index (χ1v) is 7.00. The van der Waals surface area contributed by atoms with Gasteiger partial charge in [0.2, 0.25) is 0 Å². The fraction of sp³-hybridized carbons (Fsp3) is 0.214. The molecule has 5 nitrogen and oxygen atoms in total. The molecule has 0 fully saturated rings. The molecule has 0 radical (unpaired) electrons. The van der Waals surface area contributed by atoms with E-state index in [9.17, 15) is 31.1 Å². The maximum absolute atomic E-state index is 12.8. The number of aryl methyl sites for hydroxylation is 1. The molecular weight excluding hydrogens is 392 g/mol. The number of alkyl halides is 6. The minimum Gasteiger partial charge on any atom is -0.313 e. The number of aromatic nitrogens is 2. The summed E-state index contributed by atoms with van der Waals surface area (Å²) in [6, 6.07) is 3.27. The summed E-state index contributed by atoms with van der Waals surface area (Å²) >= 11 is 5.67. The van der Waals surface area contributed by atoms with Gasteiger partial charge >= 0.3 is 18.3 Å². The number of carbonyl (C=O) groups is 1. The van der Waals surface area contributed by atoms with Gasteiger partial charge in [-0.05, 0) is 18.2 Å². The van der Waals surface area contributed by atoms with Crippen LogP contribution in [0.3, 0.4) is 0 Å². The fourth-order valence-corrected chi connectivity index (χ4v) is 2.02. The van der Waals surface area contributed by atoms with Gasteiger partial charge in [0.25, 0.3) is 0 Å². The molecule has 0 atom stereocenters. The summed E-state index contributed by atoms with van der Waals surface area (Å²) in [7, 11) is 1.16. The smallest absolute Gasteiger partial charge is 0.313 e. The van der Waals surface area contributed by atoms with Gasteiger partial charge in [-0.3, -0.25) is 4.68 Å². The van der Waals surface area contributed by atoms with Crippen molar-refractivity contribution in [2.75, 3.05) is 0 Å². The second-order valence-electron chi connectivity index (χ2n) is 4.87. The molecule has 2 aromatic rings. The number of oxime groups is 1. The van der Waals surface area contributed by atoms with Crippen LogP contribution in [0.25, 0.3) is 0 Å². The summed E-state index contributed by atoms with van der Waals surface area (Å²) in [4.78, 5) is 16.0. The van der Waals surface area contributed by atoms with Gasteiger partial charge in [0, 0.05) is 7.05 Å². The highest BCUT2D eigenvalue weighted by Gasteiger charge is 2.38. The van der Waals surface area contributed by atoms with Crippen LogP contribution in [0.1, 0.15) is 27.2 Å². The molecule has 0 unspecified atom stereocenters. The van der Waals surface area contributed by atoms with Gasteiger partial charge in [-0.15, -0.1) is 0 Å². The molecule has 2 rings (SSSR count). The number of nitrogens with zero attached hydrogens (tertiary/aromatic N) is 3. The summed E-state index contributed by atoms with van der Waals surface area (Å²) in [5.41, 5.74) is -3.58. The molecule has 0 aliphatic rings. The van der Waals surface area contributed by atoms with Gasteiger partial charge in [-0.25, -0.2) is 4.79 Å². The van der Waals surface area contributed by atoms with E-state index in [1.54, 1.807) is 0 Å². The van der Waals surface area contributed by atoms with E-state index in [-0.39, 0.29) is 0 Å². The zero-order valence-electron chi connectivity index (χ0n) is 12.7. The van der Waals surface area contributed by atoms with Crippen LogP contribution < -0.4 is 0 Å². The Hall–Kier alpha value is -2.56. The molecule has 0 spiro atoms. The first kappa shape index (κ1) is 19.8. The normalized spacial score (nSPS) is 12.6. The highest BCUT2D eigenvalue weighted by atomic mass is 35.5. The Morgan fingerprint density at radius 3 is 2.46 bits per heavy atom. The van der Waals surface area contributed by atoms with Crippen LogP contribution in [-0.4, -0.2) is 22.0 Å². The molecule has 1 aromatic heterocycles. The maximum atomic E-state index is 12.8.